The van der Waals surface area contributed by atoms with E-state index in [1.54, 1.807) is 19.9 Å². The lowest BCUT2D eigenvalue weighted by Crippen LogP contribution is -2.37. The first-order valence-corrected chi connectivity index (χ1v) is 12.0. The van der Waals surface area contributed by atoms with Crippen molar-refractivity contribution >= 4 is 27.3 Å². The molecule has 0 spiro atoms. The van der Waals surface area contributed by atoms with Gasteiger partial charge in [-0.1, -0.05) is 13.8 Å². The third-order valence-electron chi connectivity index (χ3n) is 5.38. The Morgan fingerprint density at radius 1 is 1.06 bits per heavy atom. The van der Waals surface area contributed by atoms with Crippen LogP contribution in [-0.4, -0.2) is 58.0 Å². The predicted molar refractivity (Wildman–Crippen MR) is 119 cm³/mol. The van der Waals surface area contributed by atoms with Crippen LogP contribution in [0.1, 0.15) is 29.8 Å². The number of benzene rings is 2. The molecule has 1 amide bonds. The van der Waals surface area contributed by atoms with E-state index in [0.717, 1.165) is 24.3 Å². The Morgan fingerprint density at radius 3 is 2.21 bits per heavy atom. The van der Waals surface area contributed by atoms with Crippen LogP contribution in [0.3, 0.4) is 0 Å². The standard InChI is InChI=1S/C22H26F3N3O4S/c1-3-28(4-2)33(30,31)18-9-10-20(27-11-13-32-14-12-27)19(15-18)21(29)26-17-7-5-16(6-8-17)22(23,24)25/h5-10,15H,3-4,11-14H2,1-2H3,(H,26,29). The van der Waals surface area contributed by atoms with Crippen molar-refractivity contribution in [3.8, 4) is 0 Å². The Hall–Kier alpha value is -2.63. The number of rotatable bonds is 7. The number of hydrogen-bond donors (Lipinski definition) is 1. The maximum atomic E-state index is 13.1. The Bertz CT molecular complexity index is 1080. The van der Waals surface area contributed by atoms with Crippen LogP contribution >= 0.6 is 0 Å². The summed E-state index contributed by atoms with van der Waals surface area (Å²) in [6, 6.07) is 8.44. The molecule has 0 radical (unpaired) electrons. The summed E-state index contributed by atoms with van der Waals surface area (Å²) >= 11 is 0. The minimum Gasteiger partial charge on any atom is -0.378 e. The molecule has 1 heterocycles. The second-order valence-electron chi connectivity index (χ2n) is 7.40. The van der Waals surface area contributed by atoms with Crippen molar-refractivity contribution in [3.05, 3.63) is 53.6 Å². The maximum absolute atomic E-state index is 13.1. The van der Waals surface area contributed by atoms with E-state index in [1.165, 1.54) is 16.4 Å². The molecule has 0 aliphatic carbocycles. The highest BCUT2D eigenvalue weighted by Gasteiger charge is 2.30. The number of carbonyl (C=O) groups excluding carboxylic acids is 1. The number of anilines is 2. The highest BCUT2D eigenvalue weighted by Crippen LogP contribution is 2.31. The van der Waals surface area contributed by atoms with Gasteiger partial charge in [0.05, 0.1) is 29.2 Å². The molecule has 0 atom stereocenters. The van der Waals surface area contributed by atoms with E-state index in [2.05, 4.69) is 5.32 Å². The molecule has 1 fully saturated rings. The second-order valence-corrected chi connectivity index (χ2v) is 9.33. The number of morpholine rings is 1. The predicted octanol–water partition coefficient (Wildman–Crippen LogP) is 3.82. The van der Waals surface area contributed by atoms with Gasteiger partial charge >= 0.3 is 6.18 Å². The normalized spacial score (nSPS) is 15.0. The summed E-state index contributed by atoms with van der Waals surface area (Å²) < 4.78 is 71.1. The third-order valence-corrected chi connectivity index (χ3v) is 7.42. The lowest BCUT2D eigenvalue weighted by atomic mass is 10.1. The van der Waals surface area contributed by atoms with Gasteiger partial charge in [0.1, 0.15) is 0 Å². The van der Waals surface area contributed by atoms with Gasteiger partial charge < -0.3 is 15.0 Å². The lowest BCUT2D eigenvalue weighted by molar-refractivity contribution is -0.137. The van der Waals surface area contributed by atoms with Gasteiger partial charge in [-0.3, -0.25) is 4.79 Å². The Labute approximate surface area is 191 Å². The van der Waals surface area contributed by atoms with Gasteiger partial charge in [0.25, 0.3) is 5.91 Å². The molecular weight excluding hydrogens is 459 g/mol. The zero-order valence-corrected chi connectivity index (χ0v) is 19.2. The number of nitrogens with one attached hydrogen (secondary N) is 1. The van der Waals surface area contributed by atoms with E-state index in [9.17, 15) is 26.4 Å². The van der Waals surface area contributed by atoms with Crippen molar-refractivity contribution in [2.75, 3.05) is 49.6 Å². The second kappa shape index (κ2) is 10.1. The minimum atomic E-state index is -4.49. The van der Waals surface area contributed by atoms with E-state index in [1.807, 2.05) is 4.90 Å². The van der Waals surface area contributed by atoms with Crippen LogP contribution < -0.4 is 10.2 Å². The quantitative estimate of drug-likeness (QED) is 0.645. The van der Waals surface area contributed by atoms with Crippen LogP contribution in [0.25, 0.3) is 0 Å². The minimum absolute atomic E-state index is 0.0271. The lowest BCUT2D eigenvalue weighted by Gasteiger charge is -2.30. The number of amides is 1. The number of sulfonamides is 1. The molecule has 0 aromatic heterocycles. The summed E-state index contributed by atoms with van der Waals surface area (Å²) in [5.74, 6) is -0.618. The van der Waals surface area contributed by atoms with Gasteiger partial charge in [0.2, 0.25) is 10.0 Å². The molecule has 7 nitrogen and oxygen atoms in total. The average Bonchev–Trinajstić information content (AvgIpc) is 2.79. The smallest absolute Gasteiger partial charge is 0.378 e. The molecule has 180 valence electrons. The largest absolute Gasteiger partial charge is 0.416 e. The van der Waals surface area contributed by atoms with Crippen LogP contribution in [0.4, 0.5) is 24.5 Å². The molecule has 0 saturated carbocycles. The highest BCUT2D eigenvalue weighted by atomic mass is 32.2. The number of halogens is 3. The molecule has 2 aromatic carbocycles. The average molecular weight is 486 g/mol. The third kappa shape index (κ3) is 5.66. The van der Waals surface area contributed by atoms with Gasteiger partial charge in [-0.25, -0.2) is 8.42 Å². The van der Waals surface area contributed by atoms with E-state index in [4.69, 9.17) is 4.74 Å². The van der Waals surface area contributed by atoms with Gasteiger partial charge in [0, 0.05) is 37.6 Å². The maximum Gasteiger partial charge on any atom is 0.416 e. The Morgan fingerprint density at radius 2 is 1.67 bits per heavy atom. The van der Waals surface area contributed by atoms with Crippen LogP contribution in [0.5, 0.6) is 0 Å². The fourth-order valence-corrected chi connectivity index (χ4v) is 5.08. The summed E-state index contributed by atoms with van der Waals surface area (Å²) in [5.41, 5.74) is -0.0222. The van der Waals surface area contributed by atoms with Crippen LogP contribution in [0, 0.1) is 0 Å². The Kier molecular flexibility index (Phi) is 7.65. The number of nitrogens with zero attached hydrogens (tertiary/aromatic N) is 2. The zero-order valence-electron chi connectivity index (χ0n) is 18.4. The van der Waals surface area contributed by atoms with Crippen LogP contribution in [0.15, 0.2) is 47.4 Å². The molecular formula is C22H26F3N3O4S. The fourth-order valence-electron chi connectivity index (χ4n) is 3.59. The molecule has 3 rings (SSSR count). The van der Waals surface area contributed by atoms with E-state index >= 15 is 0 Å². The summed E-state index contributed by atoms with van der Waals surface area (Å²) in [5, 5.41) is 2.58. The van der Waals surface area contributed by atoms with Crippen molar-refractivity contribution in [3.63, 3.8) is 0 Å². The molecule has 0 bridgehead atoms. The molecule has 0 unspecified atom stereocenters. The van der Waals surface area contributed by atoms with Crippen molar-refractivity contribution in [2.45, 2.75) is 24.9 Å². The van der Waals surface area contributed by atoms with E-state index < -0.39 is 27.7 Å². The number of alkyl halides is 3. The number of carbonyl (C=O) groups is 1. The first-order chi connectivity index (χ1) is 15.6. The van der Waals surface area contributed by atoms with Crippen LogP contribution in [-0.2, 0) is 20.9 Å². The molecule has 2 aromatic rings. The SMILES string of the molecule is CCN(CC)S(=O)(=O)c1ccc(N2CCOCC2)c(C(=O)Nc2ccc(C(F)(F)F)cc2)c1. The fraction of sp³-hybridized carbons (Fsp3) is 0.409. The zero-order chi connectivity index (χ0) is 24.2. The topological polar surface area (TPSA) is 79.0 Å². The van der Waals surface area contributed by atoms with Crippen molar-refractivity contribution < 1.29 is 31.1 Å². The first-order valence-electron chi connectivity index (χ1n) is 10.5. The van der Waals surface area contributed by atoms with Gasteiger partial charge in [-0.15, -0.1) is 0 Å². The van der Waals surface area contributed by atoms with E-state index in [-0.39, 0.29) is 29.2 Å². The monoisotopic (exact) mass is 485 g/mol. The molecule has 1 N–H and O–H groups in total. The van der Waals surface area contributed by atoms with Gasteiger partial charge in [-0.2, -0.15) is 17.5 Å². The highest BCUT2D eigenvalue weighted by molar-refractivity contribution is 7.89. The van der Waals surface area contributed by atoms with Gasteiger partial charge in [0.15, 0.2) is 0 Å². The number of ether oxygens (including phenoxy) is 1. The van der Waals surface area contributed by atoms with Crippen molar-refractivity contribution in [2.24, 2.45) is 0 Å². The van der Waals surface area contributed by atoms with E-state index in [0.29, 0.717) is 32.0 Å². The molecule has 1 saturated heterocycles. The number of hydrogen-bond acceptors (Lipinski definition) is 5. The molecule has 1 aliphatic heterocycles. The summed E-state index contributed by atoms with van der Waals surface area (Å²) in [4.78, 5) is 15.0. The summed E-state index contributed by atoms with van der Waals surface area (Å²) in [6.07, 6.45) is -4.49. The van der Waals surface area contributed by atoms with Crippen LogP contribution in [0.2, 0.25) is 0 Å². The molecule has 33 heavy (non-hydrogen) atoms. The first kappa shape index (κ1) is 25.0. The summed E-state index contributed by atoms with van der Waals surface area (Å²) in [7, 11) is -3.81. The van der Waals surface area contributed by atoms with Gasteiger partial charge in [-0.05, 0) is 42.5 Å². The molecule has 1 aliphatic rings. The molecule has 11 heteroatoms. The Balaban J connectivity index is 1.98. The van der Waals surface area contributed by atoms with Crippen molar-refractivity contribution in [1.82, 2.24) is 4.31 Å². The van der Waals surface area contributed by atoms with Crippen molar-refractivity contribution in [1.29, 1.82) is 0 Å². The summed E-state index contributed by atoms with van der Waals surface area (Å²) in [6.45, 7) is 5.95.